The van der Waals surface area contributed by atoms with Crippen LogP contribution in [0.2, 0.25) is 0 Å². The van der Waals surface area contributed by atoms with E-state index >= 15 is 0 Å². The molecule has 0 bridgehead atoms. The Bertz CT molecular complexity index is 417. The summed E-state index contributed by atoms with van der Waals surface area (Å²) in [6.45, 7) is 2.14. The van der Waals surface area contributed by atoms with Crippen LogP contribution in [0.5, 0.6) is 0 Å². The topological polar surface area (TPSA) is 0 Å². The van der Waals surface area contributed by atoms with Crippen LogP contribution in [0, 0.1) is 6.92 Å². The highest BCUT2D eigenvalue weighted by Crippen LogP contribution is 2.13. The number of rotatable bonds is 4. The molecule has 0 aliphatic carbocycles. The van der Waals surface area contributed by atoms with E-state index in [2.05, 4.69) is 61.5 Å². The van der Waals surface area contributed by atoms with E-state index in [0.29, 0.717) is 0 Å². The molecule has 82 valence electrons. The first-order chi connectivity index (χ1) is 7.84. The summed E-state index contributed by atoms with van der Waals surface area (Å²) in [6.07, 6.45) is 2.44. The zero-order valence-electron chi connectivity index (χ0n) is 9.61. The molecule has 1 heteroatoms. The summed E-state index contributed by atoms with van der Waals surface area (Å²) in [5.74, 6) is 0. The molecule has 0 amide bonds. The van der Waals surface area contributed by atoms with Crippen LogP contribution in [0.1, 0.15) is 11.1 Å². The first-order valence-electron chi connectivity index (χ1n) is 5.69. The normalized spacial score (nSPS) is 11.1. The zero-order chi connectivity index (χ0) is 11.2. The third-order valence-electron chi connectivity index (χ3n) is 2.64. The minimum atomic E-state index is 0.926. The predicted octanol–water partition coefficient (Wildman–Crippen LogP) is 3.54. The van der Waals surface area contributed by atoms with Gasteiger partial charge in [-0.2, -0.15) is 0 Å². The lowest BCUT2D eigenvalue weighted by atomic mass is 10.2. The van der Waals surface area contributed by atoms with E-state index < -0.39 is 0 Å². The van der Waals surface area contributed by atoms with Crippen LogP contribution in [-0.2, 0) is 6.42 Å². The van der Waals surface area contributed by atoms with Crippen molar-refractivity contribution in [2.75, 3.05) is 6.16 Å². The van der Waals surface area contributed by atoms with Gasteiger partial charge >= 0.3 is 0 Å². The standard InChI is InChI=1S/C15H17P/c1-13-7-9-15(10-8-13)16-12-11-14-5-3-2-4-6-14/h2-10,16H,11-12H2,1H3. The molecule has 0 aliphatic heterocycles. The Kier molecular flexibility index (Phi) is 4.13. The second-order valence-electron chi connectivity index (χ2n) is 4.03. The fourth-order valence-corrected chi connectivity index (χ4v) is 2.77. The fraction of sp³-hybridized carbons (Fsp3) is 0.200. The first-order valence-corrected chi connectivity index (χ1v) is 6.90. The van der Waals surface area contributed by atoms with Crippen molar-refractivity contribution in [3.05, 3.63) is 65.7 Å². The van der Waals surface area contributed by atoms with Gasteiger partial charge in [-0.1, -0.05) is 68.7 Å². The van der Waals surface area contributed by atoms with Gasteiger partial charge in [0, 0.05) is 0 Å². The third-order valence-corrected chi connectivity index (χ3v) is 3.88. The quantitative estimate of drug-likeness (QED) is 0.702. The maximum absolute atomic E-state index is 2.25. The Morgan fingerprint density at radius 1 is 0.875 bits per heavy atom. The molecule has 0 heterocycles. The van der Waals surface area contributed by atoms with E-state index in [1.807, 2.05) is 0 Å². The van der Waals surface area contributed by atoms with Gasteiger partial charge in [0.25, 0.3) is 0 Å². The molecule has 0 radical (unpaired) electrons. The van der Waals surface area contributed by atoms with E-state index in [-0.39, 0.29) is 0 Å². The average molecular weight is 228 g/mol. The predicted molar refractivity (Wildman–Crippen MR) is 74.1 cm³/mol. The van der Waals surface area contributed by atoms with Crippen LogP contribution in [0.25, 0.3) is 0 Å². The van der Waals surface area contributed by atoms with Crippen LogP contribution in [0.4, 0.5) is 0 Å². The SMILES string of the molecule is Cc1ccc(PCCc2ccccc2)cc1. The van der Waals surface area contributed by atoms with Crippen molar-refractivity contribution in [1.29, 1.82) is 0 Å². The second-order valence-corrected chi connectivity index (χ2v) is 5.46. The smallest absolute Gasteiger partial charge is 0.0239 e. The van der Waals surface area contributed by atoms with Crippen molar-refractivity contribution in [1.82, 2.24) is 0 Å². The lowest BCUT2D eigenvalue weighted by Gasteiger charge is -2.03. The number of benzene rings is 2. The number of hydrogen-bond donors (Lipinski definition) is 0. The summed E-state index contributed by atoms with van der Waals surface area (Å²) in [6, 6.07) is 19.6. The van der Waals surface area contributed by atoms with Gasteiger partial charge in [0.1, 0.15) is 0 Å². The van der Waals surface area contributed by atoms with Gasteiger partial charge in [0.15, 0.2) is 0 Å². The van der Waals surface area contributed by atoms with Crippen molar-refractivity contribution in [2.45, 2.75) is 13.3 Å². The van der Waals surface area contributed by atoms with Crippen LogP contribution in [0.15, 0.2) is 54.6 Å². The zero-order valence-corrected chi connectivity index (χ0v) is 10.6. The highest BCUT2D eigenvalue weighted by atomic mass is 31.1. The van der Waals surface area contributed by atoms with E-state index in [0.717, 1.165) is 8.58 Å². The highest BCUT2D eigenvalue weighted by Gasteiger charge is 1.94. The average Bonchev–Trinajstić information content (AvgIpc) is 2.33. The Morgan fingerprint density at radius 2 is 1.56 bits per heavy atom. The molecule has 0 saturated carbocycles. The van der Waals surface area contributed by atoms with Gasteiger partial charge in [-0.15, -0.1) is 0 Å². The van der Waals surface area contributed by atoms with Gasteiger partial charge in [0.05, 0.1) is 0 Å². The molecular weight excluding hydrogens is 211 g/mol. The highest BCUT2D eigenvalue weighted by molar-refractivity contribution is 7.47. The second kappa shape index (κ2) is 5.82. The monoisotopic (exact) mass is 228 g/mol. The van der Waals surface area contributed by atoms with Crippen molar-refractivity contribution in [3.63, 3.8) is 0 Å². The van der Waals surface area contributed by atoms with Gasteiger partial charge in [-0.3, -0.25) is 0 Å². The number of aryl methyl sites for hydroxylation is 2. The molecule has 0 aromatic heterocycles. The first kappa shape index (κ1) is 11.4. The van der Waals surface area contributed by atoms with Crippen molar-refractivity contribution in [3.8, 4) is 0 Å². The van der Waals surface area contributed by atoms with Gasteiger partial charge in [-0.05, 0) is 30.4 Å². The lowest BCUT2D eigenvalue weighted by Crippen LogP contribution is -1.96. The fourth-order valence-electron chi connectivity index (χ4n) is 1.67. The van der Waals surface area contributed by atoms with Crippen LogP contribution >= 0.6 is 8.58 Å². The van der Waals surface area contributed by atoms with E-state index in [9.17, 15) is 0 Å². The summed E-state index contributed by atoms with van der Waals surface area (Å²) in [4.78, 5) is 0. The molecule has 0 saturated heterocycles. The summed E-state index contributed by atoms with van der Waals surface area (Å²) in [7, 11) is 0.926. The molecule has 2 aromatic carbocycles. The molecule has 0 aliphatic rings. The van der Waals surface area contributed by atoms with Gasteiger partial charge in [0.2, 0.25) is 0 Å². The molecule has 1 unspecified atom stereocenters. The molecule has 0 nitrogen and oxygen atoms in total. The Balaban J connectivity index is 1.82. The minimum absolute atomic E-state index is 0.926. The van der Waals surface area contributed by atoms with E-state index in [1.165, 1.54) is 29.0 Å². The Labute approximate surface area is 99.5 Å². The van der Waals surface area contributed by atoms with Crippen LogP contribution in [0.3, 0.4) is 0 Å². The molecule has 1 atom stereocenters. The number of hydrogen-bond acceptors (Lipinski definition) is 0. The maximum atomic E-state index is 2.25. The van der Waals surface area contributed by atoms with Gasteiger partial charge in [-0.25, -0.2) is 0 Å². The van der Waals surface area contributed by atoms with E-state index in [1.54, 1.807) is 0 Å². The summed E-state index contributed by atoms with van der Waals surface area (Å²) in [5, 5.41) is 1.47. The molecule has 16 heavy (non-hydrogen) atoms. The summed E-state index contributed by atoms with van der Waals surface area (Å²) < 4.78 is 0. The molecular formula is C15H17P. The third kappa shape index (κ3) is 3.47. The maximum Gasteiger partial charge on any atom is -0.0239 e. The van der Waals surface area contributed by atoms with Gasteiger partial charge < -0.3 is 0 Å². The minimum Gasteiger partial charge on any atom is -0.0901 e. The lowest BCUT2D eigenvalue weighted by molar-refractivity contribution is 1.16. The van der Waals surface area contributed by atoms with E-state index in [4.69, 9.17) is 0 Å². The molecule has 2 rings (SSSR count). The van der Waals surface area contributed by atoms with Crippen LogP contribution < -0.4 is 5.30 Å². The molecule has 2 aromatic rings. The van der Waals surface area contributed by atoms with Crippen molar-refractivity contribution < 1.29 is 0 Å². The summed E-state index contributed by atoms with van der Waals surface area (Å²) in [5.41, 5.74) is 2.79. The molecule has 0 N–H and O–H groups in total. The van der Waals surface area contributed by atoms with Crippen LogP contribution in [-0.4, -0.2) is 6.16 Å². The van der Waals surface area contributed by atoms with Crippen molar-refractivity contribution >= 4 is 13.9 Å². The Morgan fingerprint density at radius 3 is 2.25 bits per heavy atom. The Hall–Kier alpha value is -1.13. The molecule has 0 fully saturated rings. The largest absolute Gasteiger partial charge is 0.0901 e. The summed E-state index contributed by atoms with van der Waals surface area (Å²) >= 11 is 0. The van der Waals surface area contributed by atoms with Crippen molar-refractivity contribution in [2.24, 2.45) is 0 Å². The molecule has 0 spiro atoms.